The summed E-state index contributed by atoms with van der Waals surface area (Å²) < 4.78 is 6.97. The Morgan fingerprint density at radius 2 is 1.96 bits per heavy atom. The quantitative estimate of drug-likeness (QED) is 0.647. The molecule has 1 aliphatic rings. The highest BCUT2D eigenvalue weighted by Crippen LogP contribution is 2.26. The van der Waals surface area contributed by atoms with E-state index in [0.29, 0.717) is 38.2 Å². The van der Waals surface area contributed by atoms with Crippen LogP contribution in [0.4, 0.5) is 0 Å². The molecule has 0 N–H and O–H groups in total. The van der Waals surface area contributed by atoms with Crippen LogP contribution in [0, 0.1) is 5.92 Å². The van der Waals surface area contributed by atoms with Gasteiger partial charge in [-0.25, -0.2) is 4.98 Å². The summed E-state index contributed by atoms with van der Waals surface area (Å²) >= 11 is 1.46. The number of hydrogen-bond donors (Lipinski definition) is 0. The van der Waals surface area contributed by atoms with Crippen LogP contribution in [0.15, 0.2) is 41.9 Å². The Balaban J connectivity index is 1.50. The van der Waals surface area contributed by atoms with E-state index in [-0.39, 0.29) is 17.8 Å². The number of thiazole rings is 1. The summed E-state index contributed by atoms with van der Waals surface area (Å²) in [7, 11) is 0. The van der Waals surface area contributed by atoms with E-state index in [1.54, 1.807) is 0 Å². The van der Waals surface area contributed by atoms with Crippen molar-refractivity contribution in [3.8, 4) is 11.3 Å². The molecule has 1 fully saturated rings. The number of imidazole rings is 1. The first kappa shape index (κ1) is 17.7. The second kappa shape index (κ2) is 7.52. The van der Waals surface area contributed by atoms with Crippen molar-refractivity contribution in [2.45, 2.75) is 19.8 Å². The zero-order valence-electron chi connectivity index (χ0n) is 15.1. The third kappa shape index (κ3) is 3.47. The van der Waals surface area contributed by atoms with Gasteiger partial charge in [-0.15, -0.1) is 11.3 Å². The van der Waals surface area contributed by atoms with E-state index in [0.717, 1.165) is 16.2 Å². The van der Waals surface area contributed by atoms with Crippen molar-refractivity contribution in [1.29, 1.82) is 0 Å². The molecule has 0 unspecified atom stereocenters. The van der Waals surface area contributed by atoms with Crippen LogP contribution in [-0.2, 0) is 9.53 Å². The number of carbonyl (C=O) groups is 2. The zero-order valence-corrected chi connectivity index (χ0v) is 15.9. The fraction of sp³-hybridized carbons (Fsp3) is 0.350. The molecule has 1 aliphatic heterocycles. The van der Waals surface area contributed by atoms with Crippen LogP contribution in [0.2, 0.25) is 0 Å². The average Bonchev–Trinajstić information content (AvgIpc) is 3.29. The van der Waals surface area contributed by atoms with Crippen LogP contribution >= 0.6 is 11.3 Å². The molecule has 2 aromatic heterocycles. The van der Waals surface area contributed by atoms with Crippen LogP contribution in [0.5, 0.6) is 0 Å². The van der Waals surface area contributed by atoms with Crippen LogP contribution in [0.1, 0.15) is 30.3 Å². The number of hydrogen-bond acceptors (Lipinski definition) is 5. The first-order valence-corrected chi connectivity index (χ1v) is 10.0. The highest BCUT2D eigenvalue weighted by Gasteiger charge is 2.29. The van der Waals surface area contributed by atoms with E-state index < -0.39 is 0 Å². The number of likely N-dealkylation sites (tertiary alicyclic amines) is 1. The molecule has 0 atom stereocenters. The summed E-state index contributed by atoms with van der Waals surface area (Å²) in [5, 5.41) is 1.86. The van der Waals surface area contributed by atoms with Gasteiger partial charge in [0.1, 0.15) is 5.69 Å². The minimum Gasteiger partial charge on any atom is -0.466 e. The maximum absolute atomic E-state index is 13.0. The second-order valence-electron chi connectivity index (χ2n) is 6.58. The fourth-order valence-electron chi connectivity index (χ4n) is 3.43. The minimum atomic E-state index is -0.148. The van der Waals surface area contributed by atoms with Crippen molar-refractivity contribution < 1.29 is 14.3 Å². The molecule has 0 spiro atoms. The Morgan fingerprint density at radius 3 is 2.67 bits per heavy atom. The van der Waals surface area contributed by atoms with E-state index in [9.17, 15) is 9.59 Å². The van der Waals surface area contributed by atoms with Gasteiger partial charge in [0, 0.05) is 30.2 Å². The molecule has 1 amide bonds. The monoisotopic (exact) mass is 383 g/mol. The molecule has 6 nitrogen and oxygen atoms in total. The maximum Gasteiger partial charge on any atom is 0.309 e. The molecule has 1 saturated heterocycles. The molecule has 3 aromatic rings. The van der Waals surface area contributed by atoms with Crippen molar-refractivity contribution in [1.82, 2.24) is 14.3 Å². The van der Waals surface area contributed by atoms with Crippen molar-refractivity contribution in [2.24, 2.45) is 5.92 Å². The molecule has 0 bridgehead atoms. The van der Waals surface area contributed by atoms with Gasteiger partial charge in [-0.05, 0) is 19.8 Å². The van der Waals surface area contributed by atoms with Gasteiger partial charge in [0.15, 0.2) is 4.96 Å². The number of amides is 1. The molecule has 0 radical (unpaired) electrons. The predicted molar refractivity (Wildman–Crippen MR) is 104 cm³/mol. The number of ether oxygens (including phenoxy) is 1. The lowest BCUT2D eigenvalue weighted by molar-refractivity contribution is -0.149. The summed E-state index contributed by atoms with van der Waals surface area (Å²) in [6.07, 6.45) is 3.22. The van der Waals surface area contributed by atoms with E-state index in [2.05, 4.69) is 4.98 Å². The van der Waals surface area contributed by atoms with Gasteiger partial charge >= 0.3 is 5.97 Å². The van der Waals surface area contributed by atoms with Crippen molar-refractivity contribution in [3.05, 3.63) is 47.6 Å². The lowest BCUT2D eigenvalue weighted by atomic mass is 9.97. The molecular formula is C20H21N3O3S. The standard InChI is InChI=1S/C20H21N3O3S/c1-2-26-19(25)15-8-10-22(11-9-15)18(24)17-13-27-20-21-16(12-23(17)20)14-6-4-3-5-7-14/h3-7,12-13,15H,2,8-11H2,1H3. The van der Waals surface area contributed by atoms with Crippen LogP contribution in [0.3, 0.4) is 0 Å². The molecule has 140 valence electrons. The van der Waals surface area contributed by atoms with Gasteiger partial charge in [0.2, 0.25) is 0 Å². The summed E-state index contributed by atoms with van der Waals surface area (Å²) in [6, 6.07) is 9.93. The summed E-state index contributed by atoms with van der Waals surface area (Å²) in [6.45, 7) is 3.35. The molecule has 27 heavy (non-hydrogen) atoms. The number of esters is 1. The maximum atomic E-state index is 13.0. The Labute approximate surface area is 161 Å². The van der Waals surface area contributed by atoms with Gasteiger partial charge < -0.3 is 9.64 Å². The SMILES string of the molecule is CCOC(=O)C1CCN(C(=O)c2csc3nc(-c4ccccc4)cn23)CC1. The van der Waals surface area contributed by atoms with Gasteiger partial charge in [-0.3, -0.25) is 14.0 Å². The molecule has 3 heterocycles. The fourth-order valence-corrected chi connectivity index (χ4v) is 4.27. The van der Waals surface area contributed by atoms with Crippen molar-refractivity contribution >= 4 is 28.2 Å². The Kier molecular flexibility index (Phi) is 4.94. The highest BCUT2D eigenvalue weighted by atomic mass is 32.1. The van der Waals surface area contributed by atoms with Crippen LogP contribution < -0.4 is 0 Å². The Morgan fingerprint density at radius 1 is 1.22 bits per heavy atom. The van der Waals surface area contributed by atoms with Gasteiger partial charge in [0.05, 0.1) is 18.2 Å². The van der Waals surface area contributed by atoms with Gasteiger partial charge in [-0.2, -0.15) is 0 Å². The van der Waals surface area contributed by atoms with Crippen LogP contribution in [-0.4, -0.2) is 45.9 Å². The zero-order chi connectivity index (χ0) is 18.8. The lowest BCUT2D eigenvalue weighted by Crippen LogP contribution is -2.41. The van der Waals surface area contributed by atoms with E-state index in [4.69, 9.17) is 4.74 Å². The molecule has 1 aromatic carbocycles. The lowest BCUT2D eigenvalue weighted by Gasteiger charge is -2.30. The number of nitrogens with zero attached hydrogens (tertiary/aromatic N) is 3. The number of rotatable bonds is 4. The molecule has 4 rings (SSSR count). The summed E-state index contributed by atoms with van der Waals surface area (Å²) in [5.74, 6) is -0.264. The number of carbonyl (C=O) groups excluding carboxylic acids is 2. The summed E-state index contributed by atoms with van der Waals surface area (Å²) in [5.41, 5.74) is 2.51. The number of fused-ring (bicyclic) bond motifs is 1. The summed E-state index contributed by atoms with van der Waals surface area (Å²) in [4.78, 5) is 32.1. The van der Waals surface area contributed by atoms with Gasteiger partial charge in [-0.1, -0.05) is 30.3 Å². The third-order valence-electron chi connectivity index (χ3n) is 4.90. The second-order valence-corrected chi connectivity index (χ2v) is 7.42. The first-order chi connectivity index (χ1) is 13.2. The van der Waals surface area contributed by atoms with E-state index in [1.165, 1.54) is 11.3 Å². The van der Waals surface area contributed by atoms with Crippen molar-refractivity contribution in [3.63, 3.8) is 0 Å². The Hall–Kier alpha value is -2.67. The van der Waals surface area contributed by atoms with Crippen molar-refractivity contribution in [2.75, 3.05) is 19.7 Å². The molecule has 0 saturated carbocycles. The molecule has 0 aliphatic carbocycles. The average molecular weight is 383 g/mol. The molecular weight excluding hydrogens is 362 g/mol. The Bertz CT molecular complexity index is 955. The van der Waals surface area contributed by atoms with E-state index in [1.807, 2.05) is 58.1 Å². The number of benzene rings is 1. The highest BCUT2D eigenvalue weighted by molar-refractivity contribution is 7.15. The third-order valence-corrected chi connectivity index (χ3v) is 5.74. The van der Waals surface area contributed by atoms with Gasteiger partial charge in [0.25, 0.3) is 5.91 Å². The van der Waals surface area contributed by atoms with Crippen LogP contribution in [0.25, 0.3) is 16.2 Å². The first-order valence-electron chi connectivity index (χ1n) is 9.15. The minimum absolute atomic E-state index is 0.0134. The van der Waals surface area contributed by atoms with E-state index >= 15 is 0 Å². The largest absolute Gasteiger partial charge is 0.466 e. The smallest absolute Gasteiger partial charge is 0.309 e. The normalized spacial score (nSPS) is 15.2. The topological polar surface area (TPSA) is 63.9 Å². The predicted octanol–water partition coefficient (Wildman–Crippen LogP) is 3.48. The number of piperidine rings is 1. The number of aromatic nitrogens is 2. The molecule has 7 heteroatoms.